The highest BCUT2D eigenvalue weighted by atomic mass is 16.5. The van der Waals surface area contributed by atoms with E-state index in [0.717, 1.165) is 25.1 Å². The first kappa shape index (κ1) is 27.7. The van der Waals surface area contributed by atoms with E-state index in [9.17, 15) is 14.7 Å². The standard InChI is InChI=1S/C29H40N2O5/c1-29(2,3)24-14-22(15-25(30(4)5)28(24)36-19-27(33)34)26(32)18-31-16-21(12-13-35-6)23(17-31)20-10-8-7-9-11-20/h7-11,14-15,21,23H,12-13,16-19H2,1-6H3,(H,33,34)/t21-,23+/m0/s1. The Morgan fingerprint density at radius 1 is 1.11 bits per heavy atom. The monoisotopic (exact) mass is 496 g/mol. The lowest BCUT2D eigenvalue weighted by Crippen LogP contribution is -2.29. The fourth-order valence-corrected chi connectivity index (χ4v) is 4.97. The summed E-state index contributed by atoms with van der Waals surface area (Å²) >= 11 is 0. The highest BCUT2D eigenvalue weighted by Crippen LogP contribution is 2.40. The van der Waals surface area contributed by atoms with Gasteiger partial charge in [0.25, 0.3) is 0 Å². The Morgan fingerprint density at radius 2 is 1.81 bits per heavy atom. The highest BCUT2D eigenvalue weighted by Gasteiger charge is 2.35. The molecule has 1 fully saturated rings. The number of ketones is 1. The van der Waals surface area contributed by atoms with Gasteiger partial charge >= 0.3 is 5.97 Å². The number of nitrogens with zero attached hydrogens (tertiary/aromatic N) is 2. The van der Waals surface area contributed by atoms with Crippen LogP contribution in [0.15, 0.2) is 42.5 Å². The molecule has 0 unspecified atom stereocenters. The molecule has 2 aromatic rings. The molecule has 1 aliphatic rings. The summed E-state index contributed by atoms with van der Waals surface area (Å²) in [7, 11) is 5.47. The Bertz CT molecular complexity index is 1050. The normalized spacial score (nSPS) is 18.3. The van der Waals surface area contributed by atoms with Crippen LogP contribution < -0.4 is 9.64 Å². The molecule has 0 aliphatic carbocycles. The first-order valence-corrected chi connectivity index (χ1v) is 12.5. The lowest BCUT2D eigenvalue weighted by molar-refractivity contribution is -0.139. The number of hydrogen-bond donors (Lipinski definition) is 1. The molecule has 2 atom stereocenters. The average molecular weight is 497 g/mol. The number of hydrogen-bond acceptors (Lipinski definition) is 6. The third kappa shape index (κ3) is 6.86. The van der Waals surface area contributed by atoms with E-state index in [0.29, 0.717) is 42.0 Å². The van der Waals surface area contributed by atoms with Crippen LogP contribution in [0.2, 0.25) is 0 Å². The van der Waals surface area contributed by atoms with Gasteiger partial charge in [0.2, 0.25) is 0 Å². The van der Waals surface area contributed by atoms with E-state index in [2.05, 4.69) is 29.2 Å². The topological polar surface area (TPSA) is 79.3 Å². The molecule has 7 heteroatoms. The minimum atomic E-state index is -1.04. The summed E-state index contributed by atoms with van der Waals surface area (Å²) in [5.41, 5.74) is 3.10. The lowest BCUT2D eigenvalue weighted by atomic mass is 9.84. The van der Waals surface area contributed by atoms with Crippen molar-refractivity contribution < 1.29 is 24.2 Å². The van der Waals surface area contributed by atoms with Crippen LogP contribution in [0.5, 0.6) is 5.75 Å². The molecule has 1 N–H and O–H groups in total. The van der Waals surface area contributed by atoms with Crippen LogP contribution in [0.1, 0.15) is 54.6 Å². The summed E-state index contributed by atoms with van der Waals surface area (Å²) < 4.78 is 11.1. The molecule has 36 heavy (non-hydrogen) atoms. The van der Waals surface area contributed by atoms with Crippen LogP contribution in [-0.2, 0) is 14.9 Å². The molecule has 0 bridgehead atoms. The van der Waals surface area contributed by atoms with E-state index in [4.69, 9.17) is 9.47 Å². The van der Waals surface area contributed by atoms with Crippen LogP contribution in [0.25, 0.3) is 0 Å². The molecule has 0 radical (unpaired) electrons. The van der Waals surface area contributed by atoms with Crippen LogP contribution in [0.3, 0.4) is 0 Å². The summed E-state index contributed by atoms with van der Waals surface area (Å²) in [4.78, 5) is 28.9. The van der Waals surface area contributed by atoms with Crippen LogP contribution in [-0.4, -0.2) is 75.8 Å². The van der Waals surface area contributed by atoms with Crippen LogP contribution >= 0.6 is 0 Å². The van der Waals surface area contributed by atoms with Gasteiger partial charge in [-0.15, -0.1) is 0 Å². The van der Waals surface area contributed by atoms with Crippen molar-refractivity contribution in [3.8, 4) is 5.75 Å². The summed E-state index contributed by atoms with van der Waals surface area (Å²) in [6.45, 7) is 8.39. The number of carboxylic acid groups (broad SMARTS) is 1. The van der Waals surface area contributed by atoms with Gasteiger partial charge in [-0.05, 0) is 35.4 Å². The molecule has 1 heterocycles. The van der Waals surface area contributed by atoms with E-state index in [1.807, 2.05) is 58.0 Å². The van der Waals surface area contributed by atoms with Gasteiger partial charge in [0.05, 0.1) is 12.2 Å². The van der Waals surface area contributed by atoms with E-state index in [1.165, 1.54) is 5.56 Å². The largest absolute Gasteiger partial charge is 0.479 e. The van der Waals surface area contributed by atoms with Gasteiger partial charge < -0.3 is 19.5 Å². The first-order chi connectivity index (χ1) is 17.0. The number of aliphatic carboxylic acids is 1. The number of rotatable bonds is 11. The Balaban J connectivity index is 1.87. The third-order valence-corrected chi connectivity index (χ3v) is 6.83. The van der Waals surface area contributed by atoms with E-state index in [-0.39, 0.29) is 11.2 Å². The summed E-state index contributed by atoms with van der Waals surface area (Å²) in [5.74, 6) is 0.312. The van der Waals surface area contributed by atoms with Gasteiger partial charge in [-0.2, -0.15) is 0 Å². The smallest absolute Gasteiger partial charge is 0.341 e. The van der Waals surface area contributed by atoms with Crippen molar-refractivity contribution in [3.05, 3.63) is 59.2 Å². The number of benzene rings is 2. The molecule has 2 aromatic carbocycles. The minimum Gasteiger partial charge on any atom is -0.479 e. The molecular weight excluding hydrogens is 456 g/mol. The van der Waals surface area contributed by atoms with Crippen molar-refractivity contribution in [2.75, 3.05) is 59.0 Å². The number of methoxy groups -OCH3 is 1. The first-order valence-electron chi connectivity index (χ1n) is 12.5. The molecule has 3 rings (SSSR count). The number of carboxylic acids is 1. The van der Waals surface area contributed by atoms with Gasteiger partial charge in [-0.3, -0.25) is 9.69 Å². The lowest BCUT2D eigenvalue weighted by Gasteiger charge is -2.28. The predicted octanol–water partition coefficient (Wildman–Crippen LogP) is 4.45. The maximum Gasteiger partial charge on any atom is 0.341 e. The van der Waals surface area contributed by atoms with Crippen molar-refractivity contribution in [2.45, 2.75) is 38.5 Å². The second-order valence-electron chi connectivity index (χ2n) is 10.9. The molecule has 0 amide bonds. The number of likely N-dealkylation sites (tertiary alicyclic amines) is 1. The Labute approximate surface area is 215 Å². The molecule has 0 aromatic heterocycles. The van der Waals surface area contributed by atoms with Gasteiger partial charge in [-0.1, -0.05) is 51.1 Å². The fourth-order valence-electron chi connectivity index (χ4n) is 4.97. The Kier molecular flexibility index (Phi) is 9.14. The maximum absolute atomic E-state index is 13.6. The molecular formula is C29H40N2O5. The van der Waals surface area contributed by atoms with Crippen molar-refractivity contribution in [2.24, 2.45) is 5.92 Å². The number of anilines is 1. The zero-order chi connectivity index (χ0) is 26.5. The predicted molar refractivity (Wildman–Crippen MR) is 143 cm³/mol. The number of carbonyl (C=O) groups is 2. The summed E-state index contributed by atoms with van der Waals surface area (Å²) in [5, 5.41) is 9.17. The van der Waals surface area contributed by atoms with Gasteiger partial charge in [-0.25, -0.2) is 4.79 Å². The molecule has 7 nitrogen and oxygen atoms in total. The Morgan fingerprint density at radius 3 is 2.39 bits per heavy atom. The van der Waals surface area contributed by atoms with Crippen LogP contribution in [0, 0.1) is 5.92 Å². The van der Waals surface area contributed by atoms with E-state index >= 15 is 0 Å². The summed E-state index contributed by atoms with van der Waals surface area (Å²) in [6, 6.07) is 14.2. The molecule has 0 spiro atoms. The number of carbonyl (C=O) groups excluding carboxylic acids is 1. The highest BCUT2D eigenvalue weighted by molar-refractivity contribution is 5.99. The van der Waals surface area contributed by atoms with Gasteiger partial charge in [0.15, 0.2) is 12.4 Å². The molecule has 0 saturated carbocycles. The minimum absolute atomic E-state index is 0.0487. The zero-order valence-corrected chi connectivity index (χ0v) is 22.4. The van der Waals surface area contributed by atoms with Crippen molar-refractivity contribution in [1.29, 1.82) is 0 Å². The van der Waals surface area contributed by atoms with Crippen molar-refractivity contribution in [1.82, 2.24) is 4.90 Å². The average Bonchev–Trinajstić information content (AvgIpc) is 3.23. The van der Waals surface area contributed by atoms with E-state index < -0.39 is 12.6 Å². The van der Waals surface area contributed by atoms with E-state index in [1.54, 1.807) is 7.11 Å². The quantitative estimate of drug-likeness (QED) is 0.461. The second kappa shape index (κ2) is 11.9. The Hall–Kier alpha value is -2.90. The number of ether oxygens (including phenoxy) is 2. The van der Waals surface area contributed by atoms with Crippen molar-refractivity contribution >= 4 is 17.4 Å². The van der Waals surface area contributed by atoms with Crippen molar-refractivity contribution in [3.63, 3.8) is 0 Å². The van der Waals surface area contributed by atoms with Gasteiger partial charge in [0, 0.05) is 57.9 Å². The van der Waals surface area contributed by atoms with Crippen LogP contribution in [0.4, 0.5) is 5.69 Å². The molecule has 1 saturated heterocycles. The number of Topliss-reactive ketones (excluding diaryl/α,β-unsaturated/α-hetero) is 1. The molecule has 196 valence electrons. The third-order valence-electron chi connectivity index (χ3n) is 6.83. The zero-order valence-electron chi connectivity index (χ0n) is 22.4. The SMILES string of the molecule is COCC[C@H]1CN(CC(=O)c2cc(N(C)C)c(OCC(=O)O)c(C(C)(C)C)c2)C[C@@H]1c1ccccc1. The maximum atomic E-state index is 13.6. The van der Waals surface area contributed by atoms with Gasteiger partial charge in [0.1, 0.15) is 5.75 Å². The molecule has 1 aliphatic heterocycles. The summed E-state index contributed by atoms with van der Waals surface area (Å²) in [6.07, 6.45) is 0.954. The second-order valence-corrected chi connectivity index (χ2v) is 10.9. The fraction of sp³-hybridized carbons (Fsp3) is 0.517.